The van der Waals surface area contributed by atoms with E-state index in [0.717, 1.165) is 6.07 Å². The van der Waals surface area contributed by atoms with Gasteiger partial charge in [-0.1, -0.05) is 30.3 Å². The van der Waals surface area contributed by atoms with Gasteiger partial charge in [0.25, 0.3) is 0 Å². The van der Waals surface area contributed by atoms with Crippen LogP contribution < -0.4 is 5.32 Å². The first-order valence-electron chi connectivity index (χ1n) is 6.57. The van der Waals surface area contributed by atoms with Crippen molar-refractivity contribution in [2.45, 2.75) is 12.6 Å². The van der Waals surface area contributed by atoms with Crippen molar-refractivity contribution in [3.63, 3.8) is 0 Å². The van der Waals surface area contributed by atoms with Gasteiger partial charge in [0.05, 0.1) is 5.56 Å². The molecule has 1 N–H and O–H groups in total. The molecule has 0 aromatic heterocycles. The first kappa shape index (κ1) is 16.0. The Kier molecular flexibility index (Phi) is 4.80. The molecule has 6 heteroatoms. The molecule has 0 unspecified atom stereocenters. The fourth-order valence-electron chi connectivity index (χ4n) is 1.94. The highest BCUT2D eigenvalue weighted by Crippen LogP contribution is 2.32. The molecule has 2 aromatic carbocycles. The lowest BCUT2D eigenvalue weighted by atomic mass is 10.1. The van der Waals surface area contributed by atoms with Gasteiger partial charge in [0.2, 0.25) is 0 Å². The average Bonchev–Trinajstić information content (AvgIpc) is 2.48. The van der Waals surface area contributed by atoms with Crippen molar-refractivity contribution >= 4 is 11.5 Å². The number of Topliss-reactive ketones (excluding diaryl/α,β-unsaturated/α-hetero) is 1. The van der Waals surface area contributed by atoms with E-state index in [2.05, 4.69) is 5.32 Å². The molecule has 0 saturated carbocycles. The molecule has 0 fully saturated rings. The van der Waals surface area contributed by atoms with Crippen LogP contribution in [0.2, 0.25) is 0 Å². The first-order chi connectivity index (χ1) is 10.4. The molecule has 22 heavy (non-hydrogen) atoms. The van der Waals surface area contributed by atoms with Crippen molar-refractivity contribution < 1.29 is 22.4 Å². The maximum atomic E-state index is 13.1. The third-order valence-corrected chi connectivity index (χ3v) is 3.05. The second-order valence-corrected chi connectivity index (χ2v) is 4.66. The molecule has 2 nitrogen and oxygen atoms in total. The number of carbonyl (C=O) groups is 1. The number of hydrogen-bond acceptors (Lipinski definition) is 2. The number of anilines is 1. The molecule has 0 radical (unpaired) electrons. The summed E-state index contributed by atoms with van der Waals surface area (Å²) in [6.45, 7) is 0.163. The third kappa shape index (κ3) is 4.07. The molecule has 0 aliphatic carbocycles. The second-order valence-electron chi connectivity index (χ2n) is 4.66. The maximum Gasteiger partial charge on any atom is 0.419 e. The van der Waals surface area contributed by atoms with E-state index < -0.39 is 17.6 Å². The van der Waals surface area contributed by atoms with E-state index in [1.807, 2.05) is 0 Å². The number of carbonyl (C=O) groups excluding carboxylic acids is 1. The molecule has 0 aliphatic rings. The Hall–Kier alpha value is -2.37. The monoisotopic (exact) mass is 311 g/mol. The van der Waals surface area contributed by atoms with Gasteiger partial charge in [0.15, 0.2) is 5.78 Å². The third-order valence-electron chi connectivity index (χ3n) is 3.05. The number of rotatable bonds is 5. The van der Waals surface area contributed by atoms with Gasteiger partial charge in [0.1, 0.15) is 5.82 Å². The fraction of sp³-hybridized carbons (Fsp3) is 0.188. The van der Waals surface area contributed by atoms with E-state index in [4.69, 9.17) is 0 Å². The lowest BCUT2D eigenvalue weighted by Crippen LogP contribution is -2.11. The van der Waals surface area contributed by atoms with E-state index in [1.54, 1.807) is 30.3 Å². The number of benzene rings is 2. The van der Waals surface area contributed by atoms with Gasteiger partial charge in [-0.3, -0.25) is 4.79 Å². The summed E-state index contributed by atoms with van der Waals surface area (Å²) < 4.78 is 50.9. The quantitative estimate of drug-likeness (QED) is 0.649. The van der Waals surface area contributed by atoms with E-state index in [9.17, 15) is 22.4 Å². The number of hydrogen-bond donors (Lipinski definition) is 1. The molecule has 116 valence electrons. The Labute approximate surface area is 124 Å². The largest absolute Gasteiger partial charge is 0.419 e. The van der Waals surface area contributed by atoms with Crippen LogP contribution in [0.5, 0.6) is 0 Å². The molecule has 0 amide bonds. The second kappa shape index (κ2) is 6.60. The summed E-state index contributed by atoms with van der Waals surface area (Å²) in [5, 5.41) is 2.70. The molecular weight excluding hydrogens is 298 g/mol. The van der Waals surface area contributed by atoms with Gasteiger partial charge in [-0.05, 0) is 18.2 Å². The van der Waals surface area contributed by atoms with Crippen LogP contribution in [0.4, 0.5) is 23.2 Å². The van der Waals surface area contributed by atoms with Crippen molar-refractivity contribution in [1.29, 1.82) is 0 Å². The number of halogens is 4. The smallest absolute Gasteiger partial charge is 0.385 e. The summed E-state index contributed by atoms with van der Waals surface area (Å²) in [7, 11) is 0. The average molecular weight is 311 g/mol. The van der Waals surface area contributed by atoms with Crippen LogP contribution in [0.1, 0.15) is 22.3 Å². The summed E-state index contributed by atoms with van der Waals surface area (Å²) in [6.07, 6.45) is -4.62. The fourth-order valence-corrected chi connectivity index (χ4v) is 1.94. The van der Waals surface area contributed by atoms with Crippen molar-refractivity contribution in [1.82, 2.24) is 0 Å². The molecule has 2 aromatic rings. The van der Waals surface area contributed by atoms with Gasteiger partial charge < -0.3 is 5.32 Å². The zero-order chi connectivity index (χ0) is 16.2. The van der Waals surface area contributed by atoms with Gasteiger partial charge in [-0.25, -0.2) is 4.39 Å². The van der Waals surface area contributed by atoms with E-state index in [0.29, 0.717) is 11.6 Å². The minimum atomic E-state index is -4.75. The van der Waals surface area contributed by atoms with Crippen LogP contribution in [0.25, 0.3) is 0 Å². The molecule has 0 atom stereocenters. The van der Waals surface area contributed by atoms with Gasteiger partial charge >= 0.3 is 6.18 Å². The Bertz CT molecular complexity index is 653. The minimum absolute atomic E-state index is 0.119. The van der Waals surface area contributed by atoms with Crippen LogP contribution in [0.3, 0.4) is 0 Å². The number of alkyl halides is 3. The Morgan fingerprint density at radius 1 is 1.05 bits per heavy atom. The zero-order valence-corrected chi connectivity index (χ0v) is 11.5. The molecule has 0 aliphatic heterocycles. The predicted molar refractivity (Wildman–Crippen MR) is 75.3 cm³/mol. The molecular formula is C16H13F4NO. The number of nitrogens with one attached hydrogen (secondary N) is 1. The first-order valence-corrected chi connectivity index (χ1v) is 6.57. The standard InChI is InChI=1S/C16H13F4NO/c17-14-7-6-12(10-13(14)16(18,19)20)21-9-8-15(22)11-4-2-1-3-5-11/h1-7,10,21H,8-9H2. The van der Waals surface area contributed by atoms with Crippen molar-refractivity contribution in [3.8, 4) is 0 Å². The Morgan fingerprint density at radius 3 is 2.36 bits per heavy atom. The van der Waals surface area contributed by atoms with E-state index in [1.165, 1.54) is 6.07 Å². The SMILES string of the molecule is O=C(CCNc1ccc(F)c(C(F)(F)F)c1)c1ccccc1. The summed E-state index contributed by atoms with van der Waals surface area (Å²) in [6, 6.07) is 11.2. The molecule has 2 rings (SSSR count). The van der Waals surface area contributed by atoms with E-state index >= 15 is 0 Å². The summed E-state index contributed by atoms with van der Waals surface area (Å²) >= 11 is 0. The van der Waals surface area contributed by atoms with Crippen LogP contribution in [-0.2, 0) is 6.18 Å². The van der Waals surface area contributed by atoms with Crippen molar-refractivity contribution in [2.75, 3.05) is 11.9 Å². The maximum absolute atomic E-state index is 13.1. The van der Waals surface area contributed by atoms with Crippen molar-refractivity contribution in [2.24, 2.45) is 0 Å². The van der Waals surface area contributed by atoms with Gasteiger partial charge in [-0.2, -0.15) is 13.2 Å². The highest BCUT2D eigenvalue weighted by Gasteiger charge is 2.34. The van der Waals surface area contributed by atoms with Crippen LogP contribution >= 0.6 is 0 Å². The Balaban J connectivity index is 1.97. The Morgan fingerprint density at radius 2 is 1.73 bits per heavy atom. The highest BCUT2D eigenvalue weighted by atomic mass is 19.4. The van der Waals surface area contributed by atoms with Gasteiger partial charge in [-0.15, -0.1) is 0 Å². The predicted octanol–water partition coefficient (Wildman–Crippen LogP) is 4.53. The highest BCUT2D eigenvalue weighted by molar-refractivity contribution is 5.96. The lowest BCUT2D eigenvalue weighted by molar-refractivity contribution is -0.139. The van der Waals surface area contributed by atoms with Gasteiger partial charge in [0, 0.05) is 24.2 Å². The lowest BCUT2D eigenvalue weighted by Gasteiger charge is -2.11. The van der Waals surface area contributed by atoms with Crippen LogP contribution in [-0.4, -0.2) is 12.3 Å². The summed E-state index contributed by atoms with van der Waals surface area (Å²) in [5.41, 5.74) is -0.666. The molecule has 0 heterocycles. The van der Waals surface area contributed by atoms with E-state index in [-0.39, 0.29) is 24.4 Å². The normalized spacial score (nSPS) is 11.3. The number of ketones is 1. The molecule has 0 spiro atoms. The molecule has 0 saturated heterocycles. The summed E-state index contributed by atoms with van der Waals surface area (Å²) in [5.74, 6) is -1.44. The van der Waals surface area contributed by atoms with Crippen LogP contribution in [0.15, 0.2) is 48.5 Å². The summed E-state index contributed by atoms with van der Waals surface area (Å²) in [4.78, 5) is 11.8. The molecule has 0 bridgehead atoms. The zero-order valence-electron chi connectivity index (χ0n) is 11.5. The topological polar surface area (TPSA) is 29.1 Å². The van der Waals surface area contributed by atoms with Crippen LogP contribution in [0, 0.1) is 5.82 Å². The van der Waals surface area contributed by atoms with Crippen molar-refractivity contribution in [3.05, 3.63) is 65.5 Å². The minimum Gasteiger partial charge on any atom is -0.385 e.